The van der Waals surface area contributed by atoms with E-state index in [1.807, 2.05) is 18.0 Å². The SMILES string of the molecule is CCn1ccc(C(=O)N2CCCCC2CCn2cc(C(=O)N3CCOCC3)nn2)n1. The summed E-state index contributed by atoms with van der Waals surface area (Å²) in [5, 5.41) is 12.6. The number of piperidine rings is 1. The number of hydrogen-bond acceptors (Lipinski definition) is 6. The van der Waals surface area contributed by atoms with E-state index < -0.39 is 0 Å². The molecule has 2 aliphatic heterocycles. The van der Waals surface area contributed by atoms with Crippen molar-refractivity contribution in [3.63, 3.8) is 0 Å². The minimum atomic E-state index is -0.106. The molecule has 30 heavy (non-hydrogen) atoms. The van der Waals surface area contributed by atoms with E-state index in [0.717, 1.165) is 38.8 Å². The van der Waals surface area contributed by atoms with Crippen LogP contribution in [0.2, 0.25) is 0 Å². The Morgan fingerprint density at radius 2 is 1.93 bits per heavy atom. The number of hydrogen-bond donors (Lipinski definition) is 0. The van der Waals surface area contributed by atoms with Crippen molar-refractivity contribution in [1.82, 2.24) is 34.6 Å². The number of amides is 2. The molecule has 0 radical (unpaired) electrons. The van der Waals surface area contributed by atoms with E-state index in [1.54, 1.807) is 26.5 Å². The molecule has 0 aliphatic carbocycles. The third-order valence-electron chi connectivity index (χ3n) is 5.82. The zero-order chi connectivity index (χ0) is 20.9. The van der Waals surface area contributed by atoms with Crippen molar-refractivity contribution in [2.75, 3.05) is 32.8 Å². The van der Waals surface area contributed by atoms with Crippen LogP contribution in [0.5, 0.6) is 0 Å². The van der Waals surface area contributed by atoms with Gasteiger partial charge in [0.2, 0.25) is 0 Å². The van der Waals surface area contributed by atoms with E-state index in [0.29, 0.717) is 44.2 Å². The van der Waals surface area contributed by atoms with Crippen molar-refractivity contribution < 1.29 is 14.3 Å². The van der Waals surface area contributed by atoms with Crippen LogP contribution in [0.3, 0.4) is 0 Å². The Hall–Kier alpha value is -2.75. The van der Waals surface area contributed by atoms with Gasteiger partial charge >= 0.3 is 0 Å². The minimum Gasteiger partial charge on any atom is -0.378 e. The van der Waals surface area contributed by atoms with Crippen molar-refractivity contribution in [3.8, 4) is 0 Å². The summed E-state index contributed by atoms with van der Waals surface area (Å²) in [7, 11) is 0. The molecular formula is C20H29N7O3. The van der Waals surface area contributed by atoms with E-state index in [4.69, 9.17) is 4.74 Å². The number of likely N-dealkylation sites (tertiary alicyclic amines) is 1. The average molecular weight is 415 g/mol. The molecule has 2 aromatic rings. The second kappa shape index (κ2) is 9.38. The summed E-state index contributed by atoms with van der Waals surface area (Å²) >= 11 is 0. The van der Waals surface area contributed by atoms with Gasteiger partial charge in [0, 0.05) is 45.0 Å². The lowest BCUT2D eigenvalue weighted by Crippen LogP contribution is -2.44. The number of carbonyl (C=O) groups is 2. The summed E-state index contributed by atoms with van der Waals surface area (Å²) in [6.45, 7) is 6.39. The highest BCUT2D eigenvalue weighted by atomic mass is 16.5. The number of aromatic nitrogens is 5. The maximum atomic E-state index is 13.0. The molecule has 1 atom stereocenters. The summed E-state index contributed by atoms with van der Waals surface area (Å²) in [6, 6.07) is 1.93. The molecule has 10 nitrogen and oxygen atoms in total. The number of aryl methyl sites for hydroxylation is 2. The standard InChI is InChI=1S/C20H29N7O3/c1-2-25-10-7-17(22-25)20(29)27-8-4-3-5-16(27)6-9-26-15-18(21-23-26)19(28)24-11-13-30-14-12-24/h7,10,15-16H,2-6,8-9,11-14H2,1H3. The number of nitrogens with zero attached hydrogens (tertiary/aromatic N) is 7. The summed E-state index contributed by atoms with van der Waals surface area (Å²) in [6.07, 6.45) is 7.40. The van der Waals surface area contributed by atoms with Gasteiger partial charge in [-0.1, -0.05) is 5.21 Å². The molecule has 162 valence electrons. The van der Waals surface area contributed by atoms with Gasteiger partial charge in [0.05, 0.1) is 19.4 Å². The Morgan fingerprint density at radius 3 is 2.70 bits per heavy atom. The van der Waals surface area contributed by atoms with Crippen molar-refractivity contribution in [2.45, 2.75) is 51.7 Å². The highest BCUT2D eigenvalue weighted by Crippen LogP contribution is 2.22. The Labute approximate surface area is 175 Å². The van der Waals surface area contributed by atoms with Crippen LogP contribution in [0.25, 0.3) is 0 Å². The molecule has 0 saturated carbocycles. The van der Waals surface area contributed by atoms with Crippen LogP contribution in [0.4, 0.5) is 0 Å². The van der Waals surface area contributed by atoms with Crippen LogP contribution in [-0.2, 0) is 17.8 Å². The Kier molecular flexibility index (Phi) is 6.41. The van der Waals surface area contributed by atoms with Crippen molar-refractivity contribution in [2.24, 2.45) is 0 Å². The lowest BCUT2D eigenvalue weighted by atomic mass is 9.99. The first-order valence-electron chi connectivity index (χ1n) is 10.8. The van der Waals surface area contributed by atoms with Gasteiger partial charge in [-0.15, -0.1) is 5.10 Å². The summed E-state index contributed by atoms with van der Waals surface area (Å²) in [5.74, 6) is -0.112. The molecule has 10 heteroatoms. The molecule has 2 amide bonds. The van der Waals surface area contributed by atoms with Gasteiger partial charge < -0.3 is 14.5 Å². The topological polar surface area (TPSA) is 98.4 Å². The maximum absolute atomic E-state index is 13.0. The van der Waals surface area contributed by atoms with Gasteiger partial charge in [-0.05, 0) is 38.7 Å². The lowest BCUT2D eigenvalue weighted by molar-refractivity contribution is 0.0299. The summed E-state index contributed by atoms with van der Waals surface area (Å²) in [4.78, 5) is 29.2. The fourth-order valence-electron chi connectivity index (χ4n) is 4.08. The van der Waals surface area contributed by atoms with Gasteiger partial charge in [0.15, 0.2) is 5.69 Å². The average Bonchev–Trinajstić information content (AvgIpc) is 3.47. The van der Waals surface area contributed by atoms with Crippen LogP contribution in [-0.4, -0.2) is 85.3 Å². The van der Waals surface area contributed by atoms with Crippen LogP contribution in [0.15, 0.2) is 18.5 Å². The number of morpholine rings is 1. The third kappa shape index (κ3) is 4.53. The van der Waals surface area contributed by atoms with Gasteiger partial charge in [0.25, 0.3) is 11.8 Å². The molecule has 4 heterocycles. The van der Waals surface area contributed by atoms with Crippen molar-refractivity contribution >= 4 is 11.8 Å². The highest BCUT2D eigenvalue weighted by Gasteiger charge is 2.29. The van der Waals surface area contributed by atoms with Gasteiger partial charge in [0.1, 0.15) is 5.69 Å². The lowest BCUT2D eigenvalue weighted by Gasteiger charge is -2.35. The van der Waals surface area contributed by atoms with E-state index in [1.165, 1.54) is 0 Å². The van der Waals surface area contributed by atoms with E-state index in [-0.39, 0.29) is 17.9 Å². The highest BCUT2D eigenvalue weighted by molar-refractivity contribution is 5.92. The molecule has 2 aliphatic rings. The maximum Gasteiger partial charge on any atom is 0.276 e. The van der Waals surface area contributed by atoms with Crippen LogP contribution >= 0.6 is 0 Å². The molecule has 2 aromatic heterocycles. The number of carbonyl (C=O) groups excluding carboxylic acids is 2. The van der Waals surface area contributed by atoms with Crippen molar-refractivity contribution in [3.05, 3.63) is 29.8 Å². The van der Waals surface area contributed by atoms with Gasteiger partial charge in [-0.3, -0.25) is 19.0 Å². The van der Waals surface area contributed by atoms with E-state index in [9.17, 15) is 9.59 Å². The Balaban J connectivity index is 1.36. The number of rotatable bonds is 6. The van der Waals surface area contributed by atoms with E-state index >= 15 is 0 Å². The van der Waals surface area contributed by atoms with Crippen molar-refractivity contribution in [1.29, 1.82) is 0 Å². The number of ether oxygens (including phenoxy) is 1. The van der Waals surface area contributed by atoms with Crippen LogP contribution in [0, 0.1) is 0 Å². The quantitative estimate of drug-likeness (QED) is 0.699. The van der Waals surface area contributed by atoms with E-state index in [2.05, 4.69) is 15.4 Å². The normalized spacial score (nSPS) is 19.8. The largest absolute Gasteiger partial charge is 0.378 e. The molecule has 4 rings (SSSR count). The fraction of sp³-hybridized carbons (Fsp3) is 0.650. The molecule has 2 fully saturated rings. The molecule has 1 unspecified atom stereocenters. The molecule has 0 spiro atoms. The predicted octanol–water partition coefficient (Wildman–Crippen LogP) is 1.05. The summed E-state index contributed by atoms with van der Waals surface area (Å²) < 4.78 is 8.77. The monoisotopic (exact) mass is 415 g/mol. The molecule has 0 N–H and O–H groups in total. The Bertz CT molecular complexity index is 871. The van der Waals surface area contributed by atoms with Gasteiger partial charge in [-0.2, -0.15) is 5.10 Å². The zero-order valence-corrected chi connectivity index (χ0v) is 17.4. The first-order chi connectivity index (χ1) is 14.7. The molecule has 0 bridgehead atoms. The molecular weight excluding hydrogens is 386 g/mol. The van der Waals surface area contributed by atoms with Gasteiger partial charge in [-0.25, -0.2) is 0 Å². The first kappa shape index (κ1) is 20.5. The fourth-order valence-corrected chi connectivity index (χ4v) is 4.08. The third-order valence-corrected chi connectivity index (χ3v) is 5.82. The smallest absolute Gasteiger partial charge is 0.276 e. The molecule has 2 saturated heterocycles. The predicted molar refractivity (Wildman–Crippen MR) is 108 cm³/mol. The van der Waals surface area contributed by atoms with Crippen LogP contribution < -0.4 is 0 Å². The first-order valence-corrected chi connectivity index (χ1v) is 10.8. The Morgan fingerprint density at radius 1 is 1.10 bits per heavy atom. The molecule has 0 aromatic carbocycles. The van der Waals surface area contributed by atoms with Crippen LogP contribution in [0.1, 0.15) is 53.6 Å². The zero-order valence-electron chi connectivity index (χ0n) is 17.4. The summed E-state index contributed by atoms with van der Waals surface area (Å²) in [5.41, 5.74) is 0.862. The second-order valence-corrected chi connectivity index (χ2v) is 7.76. The minimum absolute atomic E-state index is 0.00586. The second-order valence-electron chi connectivity index (χ2n) is 7.76.